The van der Waals surface area contributed by atoms with Crippen molar-refractivity contribution in [2.75, 3.05) is 18.5 Å². The number of carbonyl (C=O) groups excluding carboxylic acids is 1. The average molecular weight is 338 g/mol. The minimum absolute atomic E-state index is 0.141. The lowest BCUT2D eigenvalue weighted by molar-refractivity contribution is 0.0526. The third-order valence-corrected chi connectivity index (χ3v) is 5.72. The van der Waals surface area contributed by atoms with Gasteiger partial charge in [0, 0.05) is 11.4 Å². The third-order valence-electron chi connectivity index (χ3n) is 4.47. The van der Waals surface area contributed by atoms with E-state index < -0.39 is 0 Å². The number of aryl methyl sites for hydroxylation is 1. The molecule has 0 unspecified atom stereocenters. The highest BCUT2D eigenvalue weighted by Gasteiger charge is 2.25. The van der Waals surface area contributed by atoms with Crippen LogP contribution in [0, 0.1) is 0 Å². The first-order valence-electron chi connectivity index (χ1n) is 9.33. The zero-order chi connectivity index (χ0) is 16.5. The first-order chi connectivity index (χ1) is 11.3. The van der Waals surface area contributed by atoms with Crippen LogP contribution in [0.4, 0.5) is 5.00 Å². The van der Waals surface area contributed by atoms with E-state index >= 15 is 0 Å². The first kappa shape index (κ1) is 18.3. The van der Waals surface area contributed by atoms with Crippen molar-refractivity contribution in [1.29, 1.82) is 0 Å². The van der Waals surface area contributed by atoms with Gasteiger partial charge in [-0.2, -0.15) is 0 Å². The number of ether oxygens (including phenoxy) is 1. The van der Waals surface area contributed by atoms with E-state index in [-0.39, 0.29) is 5.97 Å². The van der Waals surface area contributed by atoms with E-state index in [1.165, 1.54) is 61.8 Å². The quantitative estimate of drug-likeness (QED) is 0.447. The van der Waals surface area contributed by atoms with Crippen LogP contribution in [-0.4, -0.2) is 19.1 Å². The Morgan fingerprint density at radius 2 is 1.83 bits per heavy atom. The van der Waals surface area contributed by atoms with Crippen molar-refractivity contribution in [1.82, 2.24) is 0 Å². The molecule has 0 saturated carbocycles. The first-order valence-corrected chi connectivity index (χ1v) is 10.1. The largest absolute Gasteiger partial charge is 0.462 e. The highest BCUT2D eigenvalue weighted by molar-refractivity contribution is 7.16. The molecule has 2 rings (SSSR count). The van der Waals surface area contributed by atoms with Crippen LogP contribution in [0.5, 0.6) is 0 Å². The van der Waals surface area contributed by atoms with Gasteiger partial charge >= 0.3 is 5.97 Å². The number of thiophene rings is 1. The van der Waals surface area contributed by atoms with Crippen LogP contribution >= 0.6 is 11.3 Å². The van der Waals surface area contributed by atoms with Crippen LogP contribution in [-0.2, 0) is 17.6 Å². The maximum Gasteiger partial charge on any atom is 0.341 e. The third kappa shape index (κ3) is 5.23. The fraction of sp³-hybridized carbons (Fsp3) is 0.737. The van der Waals surface area contributed by atoms with Crippen molar-refractivity contribution >= 4 is 22.3 Å². The molecule has 0 spiro atoms. The summed E-state index contributed by atoms with van der Waals surface area (Å²) < 4.78 is 5.29. The second kappa shape index (κ2) is 9.96. The molecule has 1 aliphatic rings. The molecular weight excluding hydrogens is 306 g/mol. The summed E-state index contributed by atoms with van der Waals surface area (Å²) in [7, 11) is 0. The van der Waals surface area contributed by atoms with E-state index in [9.17, 15) is 4.79 Å². The van der Waals surface area contributed by atoms with Gasteiger partial charge in [0.15, 0.2) is 0 Å². The number of hydrogen-bond acceptors (Lipinski definition) is 4. The number of esters is 1. The molecule has 0 bridgehead atoms. The van der Waals surface area contributed by atoms with Gasteiger partial charge in [-0.1, -0.05) is 39.0 Å². The van der Waals surface area contributed by atoms with E-state index in [1.807, 2.05) is 6.92 Å². The predicted octanol–water partition coefficient (Wildman–Crippen LogP) is 5.58. The molecule has 0 aromatic carbocycles. The maximum atomic E-state index is 12.4. The topological polar surface area (TPSA) is 38.3 Å². The second-order valence-corrected chi connectivity index (χ2v) is 7.44. The van der Waals surface area contributed by atoms with Crippen molar-refractivity contribution < 1.29 is 9.53 Å². The lowest BCUT2D eigenvalue weighted by Gasteiger charge is -2.12. The van der Waals surface area contributed by atoms with Crippen molar-refractivity contribution in [3.8, 4) is 0 Å². The molecule has 0 atom stereocenters. The minimum Gasteiger partial charge on any atom is -0.462 e. The fourth-order valence-electron chi connectivity index (χ4n) is 3.22. The average Bonchev–Trinajstić information content (AvgIpc) is 2.92. The standard InChI is InChI=1S/C19H31NO2S/c1-3-5-6-7-8-11-14-20-18-17(19(21)22-4-2)15-12-9-10-13-16(15)23-18/h20H,3-14H2,1-2H3. The Morgan fingerprint density at radius 1 is 1.09 bits per heavy atom. The van der Waals surface area contributed by atoms with Gasteiger partial charge < -0.3 is 10.1 Å². The van der Waals surface area contributed by atoms with Gasteiger partial charge in [-0.15, -0.1) is 11.3 Å². The van der Waals surface area contributed by atoms with Gasteiger partial charge in [-0.05, 0) is 44.6 Å². The van der Waals surface area contributed by atoms with E-state index in [1.54, 1.807) is 11.3 Å². The Balaban J connectivity index is 1.92. The highest BCUT2D eigenvalue weighted by Crippen LogP contribution is 2.38. The maximum absolute atomic E-state index is 12.4. The number of nitrogens with one attached hydrogen (secondary N) is 1. The molecule has 0 radical (unpaired) electrons. The molecule has 0 fully saturated rings. The molecule has 1 N–H and O–H groups in total. The zero-order valence-electron chi connectivity index (χ0n) is 14.7. The van der Waals surface area contributed by atoms with Crippen LogP contribution in [0.3, 0.4) is 0 Å². The highest BCUT2D eigenvalue weighted by atomic mass is 32.1. The van der Waals surface area contributed by atoms with E-state index in [2.05, 4.69) is 12.2 Å². The molecule has 0 aliphatic heterocycles. The summed E-state index contributed by atoms with van der Waals surface area (Å²) in [6.07, 6.45) is 12.3. The SMILES string of the molecule is CCCCCCCCNc1sc2c(c1C(=O)OCC)CCCC2. The second-order valence-electron chi connectivity index (χ2n) is 6.33. The lowest BCUT2D eigenvalue weighted by Crippen LogP contribution is -2.12. The Kier molecular flexibility index (Phi) is 7.93. The van der Waals surface area contributed by atoms with Crippen molar-refractivity contribution in [2.24, 2.45) is 0 Å². The van der Waals surface area contributed by atoms with Crippen LogP contribution in [0.2, 0.25) is 0 Å². The monoisotopic (exact) mass is 337 g/mol. The van der Waals surface area contributed by atoms with Crippen LogP contribution in [0.15, 0.2) is 0 Å². The molecule has 23 heavy (non-hydrogen) atoms. The Labute approximate surface area is 144 Å². The molecule has 1 heterocycles. The normalized spacial score (nSPS) is 13.7. The molecule has 4 heteroatoms. The number of unbranched alkanes of at least 4 members (excludes halogenated alkanes) is 5. The van der Waals surface area contributed by atoms with Crippen LogP contribution < -0.4 is 5.32 Å². The summed E-state index contributed by atoms with van der Waals surface area (Å²) in [5, 5.41) is 4.56. The van der Waals surface area contributed by atoms with Crippen molar-refractivity contribution in [3.63, 3.8) is 0 Å². The molecule has 130 valence electrons. The fourth-order valence-corrected chi connectivity index (χ4v) is 4.52. The molecule has 1 aromatic rings. The smallest absolute Gasteiger partial charge is 0.341 e. The Bertz CT molecular complexity index is 496. The molecule has 3 nitrogen and oxygen atoms in total. The number of carbonyl (C=O) groups is 1. The molecule has 0 saturated heterocycles. The predicted molar refractivity (Wildman–Crippen MR) is 98.8 cm³/mol. The van der Waals surface area contributed by atoms with Crippen LogP contribution in [0.25, 0.3) is 0 Å². The summed E-state index contributed by atoms with van der Waals surface area (Å²) in [5.41, 5.74) is 2.09. The summed E-state index contributed by atoms with van der Waals surface area (Å²) >= 11 is 1.78. The van der Waals surface area contributed by atoms with E-state index in [0.29, 0.717) is 6.61 Å². The minimum atomic E-state index is -0.141. The summed E-state index contributed by atoms with van der Waals surface area (Å²) in [6.45, 7) is 5.52. The molecule has 0 amide bonds. The van der Waals surface area contributed by atoms with Gasteiger partial charge in [-0.25, -0.2) is 4.79 Å². The Morgan fingerprint density at radius 3 is 2.61 bits per heavy atom. The van der Waals surface area contributed by atoms with Crippen molar-refractivity contribution in [3.05, 3.63) is 16.0 Å². The summed E-state index contributed by atoms with van der Waals surface area (Å²) in [5.74, 6) is -0.141. The number of anilines is 1. The number of rotatable bonds is 10. The number of fused-ring (bicyclic) bond motifs is 1. The van der Waals surface area contributed by atoms with E-state index in [4.69, 9.17) is 4.74 Å². The Hall–Kier alpha value is -1.03. The summed E-state index contributed by atoms with van der Waals surface area (Å²) in [4.78, 5) is 13.7. The molecule has 1 aliphatic carbocycles. The lowest BCUT2D eigenvalue weighted by atomic mass is 9.95. The van der Waals surface area contributed by atoms with Gasteiger partial charge in [0.1, 0.15) is 5.00 Å². The zero-order valence-corrected chi connectivity index (χ0v) is 15.5. The van der Waals surface area contributed by atoms with Gasteiger partial charge in [0.2, 0.25) is 0 Å². The van der Waals surface area contributed by atoms with Gasteiger partial charge in [-0.3, -0.25) is 0 Å². The van der Waals surface area contributed by atoms with Crippen molar-refractivity contribution in [2.45, 2.75) is 78.1 Å². The van der Waals surface area contributed by atoms with Gasteiger partial charge in [0.25, 0.3) is 0 Å². The van der Waals surface area contributed by atoms with Crippen LogP contribution in [0.1, 0.15) is 86.0 Å². The van der Waals surface area contributed by atoms with E-state index in [0.717, 1.165) is 30.0 Å². The van der Waals surface area contributed by atoms with Gasteiger partial charge in [0.05, 0.1) is 12.2 Å². The number of hydrogen-bond donors (Lipinski definition) is 1. The molecular formula is C19H31NO2S. The summed E-state index contributed by atoms with van der Waals surface area (Å²) in [6, 6.07) is 0. The molecule has 1 aromatic heterocycles.